The molecule has 0 aliphatic heterocycles. The van der Waals surface area contributed by atoms with Gasteiger partial charge in [-0.15, -0.1) is 11.1 Å². The zero-order valence-electron chi connectivity index (χ0n) is 12.8. The van der Waals surface area contributed by atoms with Crippen LogP contribution in [0.5, 0.6) is 0 Å². The summed E-state index contributed by atoms with van der Waals surface area (Å²) in [5.41, 5.74) is 4.14. The fraction of sp³-hybridized carbons (Fsp3) is 0.158. The maximum absolute atomic E-state index is 6.00. The molecule has 0 unspecified atom stereocenters. The van der Waals surface area contributed by atoms with E-state index < -0.39 is 0 Å². The maximum Gasteiger partial charge on any atom is 0 e. The van der Waals surface area contributed by atoms with E-state index in [2.05, 4.69) is 62.4 Å². The molecule has 0 aliphatic rings. The van der Waals surface area contributed by atoms with Crippen LogP contribution in [-0.4, -0.2) is 10.5 Å². The summed E-state index contributed by atoms with van der Waals surface area (Å²) in [5, 5.41) is 12.0. The van der Waals surface area contributed by atoms with Crippen LogP contribution in [-0.2, 0) is 17.1 Å². The molecule has 124 valence electrons. The first-order valence-electron chi connectivity index (χ1n) is 6.96. The van der Waals surface area contributed by atoms with E-state index in [1.165, 1.54) is 16.7 Å². The summed E-state index contributed by atoms with van der Waals surface area (Å²) in [6.45, 7) is 4.48. The van der Waals surface area contributed by atoms with Crippen LogP contribution in [0.15, 0.2) is 78.9 Å². The van der Waals surface area contributed by atoms with Crippen LogP contribution in [0.1, 0.15) is 25.3 Å². The van der Waals surface area contributed by atoms with E-state index in [0.717, 1.165) is 0 Å². The molecule has 3 heteroatoms. The normalized spacial score (nSPS) is 8.95. The van der Waals surface area contributed by atoms with Crippen molar-refractivity contribution in [1.29, 1.82) is 0 Å². The van der Waals surface area contributed by atoms with Crippen molar-refractivity contribution in [2.24, 2.45) is 0 Å². The van der Waals surface area contributed by atoms with Gasteiger partial charge in [-0.2, -0.15) is 18.2 Å². The molecule has 3 aromatic carbocycles. The third-order valence-electron chi connectivity index (χ3n) is 3.11. The van der Waals surface area contributed by atoms with Crippen LogP contribution in [0.3, 0.4) is 0 Å². The summed E-state index contributed by atoms with van der Waals surface area (Å²) < 4.78 is 0. The van der Waals surface area contributed by atoms with Gasteiger partial charge in [0.05, 0.1) is 0 Å². The minimum Gasteiger partial charge on any atom is -0.748 e. The summed E-state index contributed by atoms with van der Waals surface area (Å²) in [6, 6.07) is 27.1. The average Bonchev–Trinajstić information content (AvgIpc) is 3.24. The number of benzene rings is 1. The molecule has 2 N–H and O–H groups in total. The van der Waals surface area contributed by atoms with Crippen LogP contribution in [0.2, 0.25) is 0 Å². The van der Waals surface area contributed by atoms with Crippen molar-refractivity contribution in [2.75, 3.05) is 0 Å². The first kappa shape index (κ1) is 20.4. The van der Waals surface area contributed by atoms with Gasteiger partial charge in [0.2, 0.25) is 0 Å². The summed E-state index contributed by atoms with van der Waals surface area (Å²) >= 11 is 0. The Morgan fingerprint density at radius 3 is 1.77 bits per heavy atom. The van der Waals surface area contributed by atoms with Crippen molar-refractivity contribution in [3.05, 3.63) is 84.4 Å². The average molecular weight is 338 g/mol. The third kappa shape index (κ3) is 6.42. The van der Waals surface area contributed by atoms with Gasteiger partial charge in [-0.1, -0.05) is 55.7 Å². The van der Waals surface area contributed by atoms with E-state index in [9.17, 15) is 0 Å². The van der Waals surface area contributed by atoms with E-state index in [1.54, 1.807) is 0 Å². The summed E-state index contributed by atoms with van der Waals surface area (Å²) in [5.74, 6) is 0.597. The Hall–Kier alpha value is -1.64. The van der Waals surface area contributed by atoms with E-state index in [4.69, 9.17) is 10.5 Å². The van der Waals surface area contributed by atoms with Gasteiger partial charge in [0.15, 0.2) is 0 Å². The van der Waals surface area contributed by atoms with Crippen LogP contribution in [0, 0.1) is 0 Å². The first-order chi connectivity index (χ1) is 10.3. The SMILES string of the molecule is CC(C)[c-]1cccc1-c1ccccc1.OO.[Fe].[cH-]1[cH-][cH-][cH-][cH-]1. The monoisotopic (exact) mass is 338 g/mol. The molecular weight excluding hydrogens is 316 g/mol. The molecule has 0 aromatic heterocycles. The minimum absolute atomic E-state index is 0. The largest absolute Gasteiger partial charge is 0.748 e. The molecule has 0 atom stereocenters. The first-order valence-corrected chi connectivity index (χ1v) is 6.96. The molecule has 3 rings (SSSR count). The molecule has 0 fully saturated rings. The Kier molecular flexibility index (Phi) is 11.1. The molecule has 0 saturated carbocycles. The molecule has 0 amide bonds. The van der Waals surface area contributed by atoms with Gasteiger partial charge in [0.25, 0.3) is 0 Å². The van der Waals surface area contributed by atoms with Gasteiger partial charge in [-0.05, 0) is 0 Å². The van der Waals surface area contributed by atoms with E-state index >= 15 is 0 Å². The second kappa shape index (κ2) is 12.0. The second-order valence-electron chi connectivity index (χ2n) is 4.88. The van der Waals surface area contributed by atoms with Crippen LogP contribution >= 0.6 is 0 Å². The summed E-state index contributed by atoms with van der Waals surface area (Å²) in [6.07, 6.45) is 0. The Bertz CT molecular complexity index is 551. The Morgan fingerprint density at radius 1 is 0.818 bits per heavy atom. The fourth-order valence-corrected chi connectivity index (χ4v) is 2.14. The maximum atomic E-state index is 6.00. The van der Waals surface area contributed by atoms with Gasteiger partial charge in [0.1, 0.15) is 0 Å². The van der Waals surface area contributed by atoms with E-state index in [0.29, 0.717) is 5.92 Å². The Balaban J connectivity index is 0.000000466. The van der Waals surface area contributed by atoms with Crippen molar-refractivity contribution in [3.8, 4) is 11.1 Å². The van der Waals surface area contributed by atoms with Crippen molar-refractivity contribution in [2.45, 2.75) is 19.8 Å². The van der Waals surface area contributed by atoms with Gasteiger partial charge in [-0.3, -0.25) is 10.5 Å². The van der Waals surface area contributed by atoms with Crippen LogP contribution < -0.4 is 0 Å². The van der Waals surface area contributed by atoms with Gasteiger partial charge in [-0.25, -0.2) is 0 Å². The minimum atomic E-state index is 0. The zero-order valence-corrected chi connectivity index (χ0v) is 13.9. The molecule has 0 aliphatic carbocycles. The molecule has 2 nitrogen and oxygen atoms in total. The molecule has 0 bridgehead atoms. The summed E-state index contributed by atoms with van der Waals surface area (Å²) in [7, 11) is 0. The number of hydrogen-bond acceptors (Lipinski definition) is 2. The topological polar surface area (TPSA) is 40.5 Å². The van der Waals surface area contributed by atoms with Gasteiger partial charge in [0, 0.05) is 17.1 Å². The van der Waals surface area contributed by atoms with Crippen LogP contribution in [0.4, 0.5) is 0 Å². The molecule has 0 radical (unpaired) electrons. The smallest absolute Gasteiger partial charge is 0 e. The zero-order chi connectivity index (χ0) is 15.5. The fourth-order valence-electron chi connectivity index (χ4n) is 2.14. The molecule has 0 spiro atoms. The van der Waals surface area contributed by atoms with Crippen molar-refractivity contribution in [3.63, 3.8) is 0 Å². The number of rotatable bonds is 2. The molecular formula is C19H22FeO2-6. The van der Waals surface area contributed by atoms with Crippen molar-refractivity contribution >= 4 is 0 Å². The summed E-state index contributed by atoms with van der Waals surface area (Å²) in [4.78, 5) is 0. The molecule has 22 heavy (non-hydrogen) atoms. The van der Waals surface area contributed by atoms with E-state index in [-0.39, 0.29) is 17.1 Å². The second-order valence-corrected chi connectivity index (χ2v) is 4.88. The Morgan fingerprint density at radius 2 is 1.32 bits per heavy atom. The quantitative estimate of drug-likeness (QED) is 0.276. The molecule has 0 heterocycles. The third-order valence-corrected chi connectivity index (χ3v) is 3.11. The Labute approximate surface area is 143 Å². The predicted octanol–water partition coefficient (Wildman–Crippen LogP) is 5.62. The van der Waals surface area contributed by atoms with E-state index in [1.807, 2.05) is 30.3 Å². The van der Waals surface area contributed by atoms with Crippen molar-refractivity contribution < 1.29 is 27.6 Å². The van der Waals surface area contributed by atoms with Crippen LogP contribution in [0.25, 0.3) is 11.1 Å². The predicted molar refractivity (Wildman–Crippen MR) is 88.9 cm³/mol. The number of hydrogen-bond donors (Lipinski definition) is 2. The van der Waals surface area contributed by atoms with Gasteiger partial charge < -0.3 is 30.3 Å². The van der Waals surface area contributed by atoms with Crippen molar-refractivity contribution in [1.82, 2.24) is 0 Å². The van der Waals surface area contributed by atoms with Gasteiger partial charge >= 0.3 is 0 Å². The standard InChI is InChI=1S/C14H15.C5H5.Fe.H2O2/c1-11(2)13-9-6-10-14(13)12-7-4-3-5-8-12;1-2-4-5-3-1;;1-2/h3-11H,1-2H3;1-5H;;1-2H/q-1;-5;;. The molecule has 3 aromatic rings. The molecule has 0 saturated heterocycles.